The molecule has 0 aliphatic rings. The highest BCUT2D eigenvalue weighted by Crippen LogP contribution is 2.33. The molecule has 7 heteroatoms. The Morgan fingerprint density at radius 1 is 1.30 bits per heavy atom. The first-order valence-electron chi connectivity index (χ1n) is 6.75. The molecule has 0 saturated carbocycles. The third kappa shape index (κ3) is 3.07. The fourth-order valence-corrected chi connectivity index (χ4v) is 2.42. The topological polar surface area (TPSA) is 84.4 Å². The first-order chi connectivity index (χ1) is 11.1. The Balaban J connectivity index is 1.98. The van der Waals surface area contributed by atoms with E-state index in [4.69, 9.17) is 26.2 Å². The zero-order chi connectivity index (χ0) is 16.4. The molecule has 6 nitrogen and oxygen atoms in total. The molecule has 3 rings (SSSR count). The van der Waals surface area contributed by atoms with E-state index in [9.17, 15) is 4.79 Å². The van der Waals surface area contributed by atoms with E-state index in [0.717, 1.165) is 11.1 Å². The van der Waals surface area contributed by atoms with Crippen molar-refractivity contribution in [3.8, 4) is 22.9 Å². The number of methoxy groups -OCH3 is 1. The molecule has 0 atom stereocenters. The summed E-state index contributed by atoms with van der Waals surface area (Å²) < 4.78 is 10.4. The molecule has 0 aliphatic carbocycles. The summed E-state index contributed by atoms with van der Waals surface area (Å²) in [6.45, 7) is -0.435. The lowest BCUT2D eigenvalue weighted by molar-refractivity contribution is -0.139. The van der Waals surface area contributed by atoms with Crippen LogP contribution in [0.2, 0.25) is 5.02 Å². The van der Waals surface area contributed by atoms with Gasteiger partial charge < -0.3 is 19.6 Å². The number of halogens is 1. The minimum Gasteiger partial charge on any atom is -0.493 e. The SMILES string of the molecule is COc1cc(-c2nc3c(Cl)cccc3[nH]2)ccc1OCC(=O)O. The largest absolute Gasteiger partial charge is 0.493 e. The molecule has 2 N–H and O–H groups in total. The Kier molecular flexibility index (Phi) is 4.08. The minimum atomic E-state index is -1.05. The zero-order valence-electron chi connectivity index (χ0n) is 12.2. The standard InChI is InChI=1S/C16H13ClN2O4/c1-22-13-7-9(5-6-12(13)23-8-14(20)21)16-18-11-4-2-3-10(17)15(11)19-16/h2-7H,8H2,1H3,(H,18,19)(H,20,21). The number of nitrogens with one attached hydrogen (secondary N) is 1. The third-order valence-electron chi connectivity index (χ3n) is 3.25. The number of para-hydroxylation sites is 1. The van der Waals surface area contributed by atoms with Crippen LogP contribution in [0.25, 0.3) is 22.4 Å². The molecule has 0 bridgehead atoms. The number of carbonyl (C=O) groups is 1. The molecular formula is C16H13ClN2O4. The van der Waals surface area contributed by atoms with Crippen molar-refractivity contribution < 1.29 is 19.4 Å². The second kappa shape index (κ2) is 6.18. The Morgan fingerprint density at radius 3 is 2.83 bits per heavy atom. The van der Waals surface area contributed by atoms with Crippen LogP contribution in [0, 0.1) is 0 Å². The van der Waals surface area contributed by atoms with E-state index in [-0.39, 0.29) is 0 Å². The number of rotatable bonds is 5. The van der Waals surface area contributed by atoms with Crippen molar-refractivity contribution in [3.63, 3.8) is 0 Å². The van der Waals surface area contributed by atoms with Crippen molar-refractivity contribution in [1.82, 2.24) is 9.97 Å². The predicted molar refractivity (Wildman–Crippen MR) is 86.2 cm³/mol. The monoisotopic (exact) mass is 332 g/mol. The number of carboxylic acid groups (broad SMARTS) is 1. The van der Waals surface area contributed by atoms with Gasteiger partial charge in [-0.15, -0.1) is 0 Å². The number of aromatic nitrogens is 2. The summed E-state index contributed by atoms with van der Waals surface area (Å²) >= 11 is 6.13. The molecule has 0 amide bonds. The molecule has 2 aromatic carbocycles. The summed E-state index contributed by atoms with van der Waals surface area (Å²) in [6.07, 6.45) is 0. The quantitative estimate of drug-likeness (QED) is 0.748. The fourth-order valence-electron chi connectivity index (χ4n) is 2.21. The number of hydrogen-bond acceptors (Lipinski definition) is 4. The number of benzene rings is 2. The van der Waals surface area contributed by atoms with Gasteiger partial charge >= 0.3 is 5.97 Å². The molecule has 0 aliphatic heterocycles. The van der Waals surface area contributed by atoms with E-state index < -0.39 is 12.6 Å². The van der Waals surface area contributed by atoms with Crippen LogP contribution in [-0.4, -0.2) is 34.8 Å². The van der Waals surface area contributed by atoms with Crippen molar-refractivity contribution >= 4 is 28.6 Å². The van der Waals surface area contributed by atoms with Crippen molar-refractivity contribution in [2.45, 2.75) is 0 Å². The van der Waals surface area contributed by atoms with E-state index in [1.54, 1.807) is 24.3 Å². The number of nitrogens with zero attached hydrogens (tertiary/aromatic N) is 1. The Bertz CT molecular complexity index is 876. The van der Waals surface area contributed by atoms with Gasteiger partial charge in [-0.25, -0.2) is 9.78 Å². The van der Waals surface area contributed by atoms with Crippen LogP contribution in [-0.2, 0) is 4.79 Å². The molecule has 1 aromatic heterocycles. The minimum absolute atomic E-state index is 0.354. The van der Waals surface area contributed by atoms with Crippen LogP contribution in [0.4, 0.5) is 0 Å². The smallest absolute Gasteiger partial charge is 0.341 e. The molecule has 1 heterocycles. The van der Waals surface area contributed by atoms with Gasteiger partial charge in [0.1, 0.15) is 11.3 Å². The molecule has 0 spiro atoms. The molecule has 0 radical (unpaired) electrons. The summed E-state index contributed by atoms with van der Waals surface area (Å²) in [5, 5.41) is 9.25. The maximum atomic E-state index is 10.6. The second-order valence-corrected chi connectivity index (χ2v) is 5.18. The average Bonchev–Trinajstić information content (AvgIpc) is 2.98. The van der Waals surface area contributed by atoms with Gasteiger partial charge in [0.05, 0.1) is 17.6 Å². The predicted octanol–water partition coefficient (Wildman–Crippen LogP) is 3.36. The van der Waals surface area contributed by atoms with Gasteiger partial charge in [0.15, 0.2) is 18.1 Å². The Labute approximate surface area is 136 Å². The van der Waals surface area contributed by atoms with Crippen LogP contribution in [0.15, 0.2) is 36.4 Å². The average molecular weight is 333 g/mol. The zero-order valence-corrected chi connectivity index (χ0v) is 12.9. The van der Waals surface area contributed by atoms with Crippen LogP contribution in [0.5, 0.6) is 11.5 Å². The molecule has 118 valence electrons. The summed E-state index contributed by atoms with van der Waals surface area (Å²) in [4.78, 5) is 18.3. The number of carboxylic acids is 1. The van der Waals surface area contributed by atoms with E-state index in [2.05, 4.69) is 9.97 Å². The van der Waals surface area contributed by atoms with E-state index >= 15 is 0 Å². The van der Waals surface area contributed by atoms with Crippen LogP contribution in [0.1, 0.15) is 0 Å². The molecule has 3 aromatic rings. The van der Waals surface area contributed by atoms with Crippen LogP contribution >= 0.6 is 11.6 Å². The first kappa shape index (κ1) is 15.2. The molecule has 23 heavy (non-hydrogen) atoms. The number of ether oxygens (including phenoxy) is 2. The first-order valence-corrected chi connectivity index (χ1v) is 7.13. The fraction of sp³-hybridized carbons (Fsp3) is 0.125. The van der Waals surface area contributed by atoms with Gasteiger partial charge in [0.25, 0.3) is 0 Å². The van der Waals surface area contributed by atoms with Gasteiger partial charge in [-0.3, -0.25) is 0 Å². The van der Waals surface area contributed by atoms with E-state index in [0.29, 0.717) is 27.9 Å². The normalized spacial score (nSPS) is 10.7. The van der Waals surface area contributed by atoms with Crippen molar-refractivity contribution in [1.29, 1.82) is 0 Å². The number of aliphatic carboxylic acids is 1. The van der Waals surface area contributed by atoms with Crippen LogP contribution < -0.4 is 9.47 Å². The van der Waals surface area contributed by atoms with Gasteiger partial charge in [-0.1, -0.05) is 17.7 Å². The van der Waals surface area contributed by atoms with Crippen molar-refractivity contribution in [3.05, 3.63) is 41.4 Å². The Hall–Kier alpha value is -2.73. The maximum absolute atomic E-state index is 10.6. The molecular weight excluding hydrogens is 320 g/mol. The summed E-state index contributed by atoms with van der Waals surface area (Å²) in [7, 11) is 1.49. The van der Waals surface area contributed by atoms with Gasteiger partial charge in [0.2, 0.25) is 0 Å². The van der Waals surface area contributed by atoms with E-state index in [1.807, 2.05) is 12.1 Å². The summed E-state index contributed by atoms with van der Waals surface area (Å²) in [5.74, 6) is 0.363. The number of fused-ring (bicyclic) bond motifs is 1. The van der Waals surface area contributed by atoms with Crippen LogP contribution in [0.3, 0.4) is 0 Å². The molecule has 0 unspecified atom stereocenters. The van der Waals surface area contributed by atoms with E-state index in [1.165, 1.54) is 7.11 Å². The number of aromatic amines is 1. The summed E-state index contributed by atoms with van der Waals surface area (Å²) in [6, 6.07) is 10.6. The highest BCUT2D eigenvalue weighted by Gasteiger charge is 2.12. The highest BCUT2D eigenvalue weighted by atomic mass is 35.5. The lowest BCUT2D eigenvalue weighted by atomic mass is 10.2. The van der Waals surface area contributed by atoms with Gasteiger partial charge in [-0.05, 0) is 30.3 Å². The maximum Gasteiger partial charge on any atom is 0.341 e. The highest BCUT2D eigenvalue weighted by molar-refractivity contribution is 6.35. The number of H-pyrrole nitrogens is 1. The molecule has 0 saturated heterocycles. The second-order valence-electron chi connectivity index (χ2n) is 4.77. The molecule has 0 fully saturated rings. The lowest BCUT2D eigenvalue weighted by Gasteiger charge is -2.10. The van der Waals surface area contributed by atoms with Crippen molar-refractivity contribution in [2.75, 3.05) is 13.7 Å². The Morgan fingerprint density at radius 2 is 2.13 bits per heavy atom. The summed E-state index contributed by atoms with van der Waals surface area (Å²) in [5.41, 5.74) is 2.30. The third-order valence-corrected chi connectivity index (χ3v) is 3.56. The van der Waals surface area contributed by atoms with Crippen molar-refractivity contribution in [2.24, 2.45) is 0 Å². The number of imidazole rings is 1. The van der Waals surface area contributed by atoms with Gasteiger partial charge in [0, 0.05) is 5.56 Å². The number of hydrogen-bond donors (Lipinski definition) is 2. The van der Waals surface area contributed by atoms with Gasteiger partial charge in [-0.2, -0.15) is 0 Å². The lowest BCUT2D eigenvalue weighted by Crippen LogP contribution is -2.10.